The van der Waals surface area contributed by atoms with Crippen LogP contribution in [-0.2, 0) is 22.4 Å². The number of nitrogens with zero attached hydrogens (tertiary/aromatic N) is 2. The zero-order valence-electron chi connectivity index (χ0n) is 15.5. The molecule has 0 atom stereocenters. The molecule has 0 radical (unpaired) electrons. The first-order valence-corrected chi connectivity index (χ1v) is 8.73. The molecule has 1 saturated heterocycles. The minimum atomic E-state index is -0.520. The van der Waals surface area contributed by atoms with Crippen LogP contribution >= 0.6 is 0 Å². The molecule has 0 saturated carbocycles. The molecule has 2 aromatic rings. The molecule has 0 spiro atoms. The first kappa shape index (κ1) is 17.2. The first-order valence-electron chi connectivity index (χ1n) is 8.73. The summed E-state index contributed by atoms with van der Waals surface area (Å²) in [5.41, 5.74) is 8.29. The predicted octanol–water partition coefficient (Wildman–Crippen LogP) is 3.80. The molecule has 1 fully saturated rings. The zero-order chi connectivity index (χ0) is 17.3. The predicted molar refractivity (Wildman–Crippen MR) is 95.3 cm³/mol. The van der Waals surface area contributed by atoms with Gasteiger partial charge in [-0.2, -0.15) is 0 Å². The Morgan fingerprint density at radius 3 is 2.08 bits per heavy atom. The highest BCUT2D eigenvalue weighted by atomic mass is 16.7. The van der Waals surface area contributed by atoms with E-state index in [1.54, 1.807) is 0 Å². The van der Waals surface area contributed by atoms with E-state index in [0.717, 1.165) is 19.4 Å². The molecule has 4 nitrogen and oxygen atoms in total. The van der Waals surface area contributed by atoms with Gasteiger partial charge in [0.25, 0.3) is 0 Å². The van der Waals surface area contributed by atoms with Gasteiger partial charge in [0, 0.05) is 31.8 Å². The Morgan fingerprint density at radius 2 is 1.54 bits per heavy atom. The molecule has 2 heterocycles. The van der Waals surface area contributed by atoms with Gasteiger partial charge in [0.2, 0.25) is 0 Å². The third-order valence-corrected chi connectivity index (χ3v) is 5.73. The Kier molecular flexibility index (Phi) is 4.79. The van der Waals surface area contributed by atoms with E-state index in [1.807, 2.05) is 18.7 Å². The molecule has 1 aromatic carbocycles. The van der Waals surface area contributed by atoms with E-state index < -0.39 is 5.79 Å². The van der Waals surface area contributed by atoms with Crippen LogP contribution in [0.3, 0.4) is 0 Å². The molecule has 1 aromatic heterocycles. The van der Waals surface area contributed by atoms with Crippen LogP contribution < -0.4 is 0 Å². The number of aromatic nitrogens is 2. The molecule has 0 N–H and O–H groups in total. The molecule has 4 heteroatoms. The summed E-state index contributed by atoms with van der Waals surface area (Å²) in [6, 6.07) is 0. The fourth-order valence-electron chi connectivity index (χ4n) is 3.66. The van der Waals surface area contributed by atoms with Gasteiger partial charge in [0.05, 0.1) is 19.5 Å². The van der Waals surface area contributed by atoms with Crippen molar-refractivity contribution in [1.29, 1.82) is 0 Å². The second-order valence-corrected chi connectivity index (χ2v) is 6.94. The van der Waals surface area contributed by atoms with E-state index in [9.17, 15) is 0 Å². The van der Waals surface area contributed by atoms with Gasteiger partial charge in [-0.05, 0) is 68.0 Å². The Labute approximate surface area is 144 Å². The van der Waals surface area contributed by atoms with Gasteiger partial charge in [0.1, 0.15) is 0 Å². The average Bonchev–Trinajstić information content (AvgIpc) is 3.25. The highest BCUT2D eigenvalue weighted by molar-refractivity contribution is 5.49. The summed E-state index contributed by atoms with van der Waals surface area (Å²) >= 11 is 0. The smallest absolute Gasteiger partial charge is 0.174 e. The highest BCUT2D eigenvalue weighted by Crippen LogP contribution is 2.34. The Bertz CT molecular complexity index is 685. The number of rotatable bonds is 5. The van der Waals surface area contributed by atoms with Crippen molar-refractivity contribution in [3.05, 3.63) is 52.1 Å². The van der Waals surface area contributed by atoms with Gasteiger partial charge in [-0.25, -0.2) is 4.98 Å². The fraction of sp³-hybridized carbons (Fsp3) is 0.550. The summed E-state index contributed by atoms with van der Waals surface area (Å²) < 4.78 is 14.3. The van der Waals surface area contributed by atoms with Crippen LogP contribution in [0.5, 0.6) is 0 Å². The maximum atomic E-state index is 6.11. The fourth-order valence-corrected chi connectivity index (χ4v) is 3.66. The summed E-state index contributed by atoms with van der Waals surface area (Å²) in [5.74, 6) is -0.520. The second kappa shape index (κ2) is 6.69. The maximum Gasteiger partial charge on any atom is 0.174 e. The highest BCUT2D eigenvalue weighted by Gasteiger charge is 2.37. The third kappa shape index (κ3) is 3.13. The third-order valence-electron chi connectivity index (χ3n) is 5.73. The van der Waals surface area contributed by atoms with Gasteiger partial charge >= 0.3 is 0 Å². The number of aryl methyl sites for hydroxylation is 1. The SMILES string of the molecule is Cc1c(C)c(C)c(CC2(CCn3ccnc3)OCCO2)c(C)c1C. The normalized spacial score (nSPS) is 16.7. The number of ether oxygens (including phenoxy) is 2. The molecule has 0 bridgehead atoms. The molecule has 1 aliphatic rings. The Hall–Kier alpha value is -1.65. The van der Waals surface area contributed by atoms with E-state index in [-0.39, 0.29) is 0 Å². The lowest BCUT2D eigenvalue weighted by atomic mass is 9.86. The largest absolute Gasteiger partial charge is 0.347 e. The minimum Gasteiger partial charge on any atom is -0.347 e. The second-order valence-electron chi connectivity index (χ2n) is 6.94. The molecule has 3 rings (SSSR count). The van der Waals surface area contributed by atoms with Crippen molar-refractivity contribution >= 4 is 0 Å². The van der Waals surface area contributed by atoms with Crippen molar-refractivity contribution in [2.45, 2.75) is 59.8 Å². The number of imidazole rings is 1. The van der Waals surface area contributed by atoms with E-state index in [0.29, 0.717) is 13.2 Å². The van der Waals surface area contributed by atoms with Crippen LogP contribution in [0, 0.1) is 34.6 Å². The number of hydrogen-bond donors (Lipinski definition) is 0. The van der Waals surface area contributed by atoms with Gasteiger partial charge in [-0.15, -0.1) is 0 Å². The van der Waals surface area contributed by atoms with Crippen molar-refractivity contribution in [2.24, 2.45) is 0 Å². The monoisotopic (exact) mass is 328 g/mol. The summed E-state index contributed by atoms with van der Waals surface area (Å²) in [6.07, 6.45) is 7.28. The zero-order valence-corrected chi connectivity index (χ0v) is 15.5. The number of benzene rings is 1. The minimum absolute atomic E-state index is 0.520. The summed E-state index contributed by atoms with van der Waals surface area (Å²) in [6.45, 7) is 13.3. The molecule has 0 amide bonds. The van der Waals surface area contributed by atoms with Crippen LogP contribution in [0.2, 0.25) is 0 Å². The Balaban J connectivity index is 1.89. The first-order chi connectivity index (χ1) is 11.4. The van der Waals surface area contributed by atoms with Crippen LogP contribution in [0.15, 0.2) is 18.7 Å². The summed E-state index contributed by atoms with van der Waals surface area (Å²) in [7, 11) is 0. The lowest BCUT2D eigenvalue weighted by molar-refractivity contribution is -0.162. The quantitative estimate of drug-likeness (QED) is 0.837. The molecule has 0 unspecified atom stereocenters. The van der Waals surface area contributed by atoms with Crippen molar-refractivity contribution in [1.82, 2.24) is 9.55 Å². The summed E-state index contributed by atoms with van der Waals surface area (Å²) in [4.78, 5) is 4.12. The molecular weight excluding hydrogens is 300 g/mol. The van der Waals surface area contributed by atoms with Crippen LogP contribution in [0.4, 0.5) is 0 Å². The van der Waals surface area contributed by atoms with Gasteiger partial charge in [-0.1, -0.05) is 0 Å². The Morgan fingerprint density at radius 1 is 0.958 bits per heavy atom. The van der Waals surface area contributed by atoms with Gasteiger partial charge in [0.15, 0.2) is 5.79 Å². The van der Waals surface area contributed by atoms with Crippen molar-refractivity contribution < 1.29 is 9.47 Å². The lowest BCUT2D eigenvalue weighted by Gasteiger charge is -2.30. The lowest BCUT2D eigenvalue weighted by Crippen LogP contribution is -2.35. The maximum absolute atomic E-state index is 6.11. The van der Waals surface area contributed by atoms with E-state index in [1.165, 1.54) is 33.4 Å². The van der Waals surface area contributed by atoms with Crippen LogP contribution in [-0.4, -0.2) is 28.6 Å². The molecule has 0 aliphatic carbocycles. The summed E-state index contributed by atoms with van der Waals surface area (Å²) in [5, 5.41) is 0. The van der Waals surface area contributed by atoms with E-state index in [2.05, 4.69) is 44.2 Å². The van der Waals surface area contributed by atoms with E-state index in [4.69, 9.17) is 9.47 Å². The van der Waals surface area contributed by atoms with Crippen LogP contribution in [0.1, 0.15) is 39.8 Å². The standard InChI is InChI=1S/C20H28N2O2/c1-14-15(2)17(4)19(18(5)16(14)3)12-20(23-10-11-24-20)6-8-22-9-7-21-13-22/h7,9,13H,6,8,10-12H2,1-5H3. The van der Waals surface area contributed by atoms with Crippen LogP contribution in [0.25, 0.3) is 0 Å². The molecule has 1 aliphatic heterocycles. The van der Waals surface area contributed by atoms with Crippen molar-refractivity contribution in [2.75, 3.05) is 13.2 Å². The van der Waals surface area contributed by atoms with Crippen molar-refractivity contribution in [3.63, 3.8) is 0 Å². The molecule has 130 valence electrons. The molecular formula is C20H28N2O2. The van der Waals surface area contributed by atoms with Gasteiger partial charge < -0.3 is 14.0 Å². The van der Waals surface area contributed by atoms with Crippen molar-refractivity contribution in [3.8, 4) is 0 Å². The topological polar surface area (TPSA) is 36.3 Å². The van der Waals surface area contributed by atoms with E-state index >= 15 is 0 Å². The average molecular weight is 328 g/mol. The van der Waals surface area contributed by atoms with Gasteiger partial charge in [-0.3, -0.25) is 0 Å². The number of hydrogen-bond acceptors (Lipinski definition) is 3. The molecule has 24 heavy (non-hydrogen) atoms.